The Kier molecular flexibility index (Phi) is 4.66. The number of carbonyl (C=O) groups excluding carboxylic acids is 1. The lowest BCUT2D eigenvalue weighted by Crippen LogP contribution is -2.15. The molecule has 0 fully saturated rings. The number of rotatable bonds is 4. The molecule has 4 aromatic carbocycles. The highest BCUT2D eigenvalue weighted by Crippen LogP contribution is 2.42. The van der Waals surface area contributed by atoms with Gasteiger partial charge in [0.2, 0.25) is 5.78 Å². The van der Waals surface area contributed by atoms with Gasteiger partial charge in [-0.2, -0.15) is 0 Å². The molecule has 5 rings (SSSR count). The number of hydrogen-bond acceptors (Lipinski definition) is 2. The quantitative estimate of drug-likeness (QED) is 0.363. The minimum Gasteiger partial charge on any atom is -0.287 e. The molecule has 1 heterocycles. The van der Waals surface area contributed by atoms with Crippen LogP contribution < -0.4 is 0 Å². The van der Waals surface area contributed by atoms with Crippen LogP contribution in [0.2, 0.25) is 0 Å². The van der Waals surface area contributed by atoms with Gasteiger partial charge >= 0.3 is 0 Å². The first-order chi connectivity index (χ1) is 14.8. The molecule has 0 atom stereocenters. The zero-order valence-electron chi connectivity index (χ0n) is 16.3. The van der Waals surface area contributed by atoms with Crippen LogP contribution in [0.15, 0.2) is 120 Å². The lowest BCUT2D eigenvalue weighted by Gasteiger charge is -2.15. The fraction of sp³-hybridized carbons (Fsp3) is 0. The van der Waals surface area contributed by atoms with E-state index < -0.39 is 0 Å². The number of allylic oxidation sites excluding steroid dienone is 1. The Morgan fingerprint density at radius 3 is 1.57 bits per heavy atom. The van der Waals surface area contributed by atoms with Gasteiger partial charge in [0.25, 0.3) is 0 Å². The van der Waals surface area contributed by atoms with Crippen molar-refractivity contribution in [2.24, 2.45) is 4.99 Å². The molecular weight excluding hydrogens is 366 g/mol. The van der Waals surface area contributed by atoms with Crippen molar-refractivity contribution in [3.05, 3.63) is 138 Å². The van der Waals surface area contributed by atoms with Gasteiger partial charge in [-0.05, 0) is 22.8 Å². The molecule has 1 aliphatic rings. The monoisotopic (exact) mass is 385 g/mol. The van der Waals surface area contributed by atoms with Crippen LogP contribution in [0.5, 0.6) is 0 Å². The third-order valence-electron chi connectivity index (χ3n) is 5.27. The number of para-hydroxylation sites is 1. The summed E-state index contributed by atoms with van der Waals surface area (Å²) in [5.74, 6) is -0.0637. The third-order valence-corrected chi connectivity index (χ3v) is 5.27. The normalized spacial score (nSPS) is 12.3. The Morgan fingerprint density at radius 2 is 1.00 bits per heavy atom. The first-order valence-electron chi connectivity index (χ1n) is 9.96. The van der Waals surface area contributed by atoms with E-state index in [1.54, 1.807) is 0 Å². The molecule has 2 nitrogen and oxygen atoms in total. The molecule has 30 heavy (non-hydrogen) atoms. The van der Waals surface area contributed by atoms with E-state index in [0.717, 1.165) is 33.5 Å². The second-order valence-electron chi connectivity index (χ2n) is 7.15. The number of hydrogen-bond donors (Lipinski definition) is 0. The van der Waals surface area contributed by atoms with Gasteiger partial charge in [0, 0.05) is 16.7 Å². The lowest BCUT2D eigenvalue weighted by atomic mass is 9.86. The Balaban J connectivity index is 1.82. The highest BCUT2D eigenvalue weighted by Gasteiger charge is 2.30. The van der Waals surface area contributed by atoms with E-state index in [9.17, 15) is 4.79 Å². The fourth-order valence-corrected chi connectivity index (χ4v) is 3.90. The minimum absolute atomic E-state index is 0.0637. The van der Waals surface area contributed by atoms with Crippen LogP contribution in [-0.4, -0.2) is 11.5 Å². The number of aliphatic imine (C=N–C) groups is 1. The average molecular weight is 385 g/mol. The highest BCUT2D eigenvalue weighted by atomic mass is 16.1. The number of carbonyl (C=O) groups is 1. The van der Waals surface area contributed by atoms with Gasteiger partial charge in [-0.15, -0.1) is 0 Å². The van der Waals surface area contributed by atoms with Gasteiger partial charge in [0.15, 0.2) is 0 Å². The van der Waals surface area contributed by atoms with Crippen molar-refractivity contribution in [3.63, 3.8) is 0 Å². The number of nitrogens with zero attached hydrogens (tertiary/aromatic N) is 1. The van der Waals surface area contributed by atoms with E-state index in [1.807, 2.05) is 91.0 Å². The van der Waals surface area contributed by atoms with Gasteiger partial charge in [-0.1, -0.05) is 109 Å². The second kappa shape index (κ2) is 7.76. The van der Waals surface area contributed by atoms with Gasteiger partial charge in [-0.3, -0.25) is 4.79 Å². The van der Waals surface area contributed by atoms with Crippen LogP contribution >= 0.6 is 0 Å². The third kappa shape index (κ3) is 3.19. The largest absolute Gasteiger partial charge is 0.287 e. The van der Waals surface area contributed by atoms with E-state index in [0.29, 0.717) is 11.3 Å². The van der Waals surface area contributed by atoms with Crippen LogP contribution in [0.1, 0.15) is 27.0 Å². The molecule has 2 heteroatoms. The Hall–Kier alpha value is -4.04. The molecule has 0 aliphatic carbocycles. The molecule has 0 saturated heterocycles. The smallest absolute Gasteiger partial charge is 0.212 e. The first-order valence-corrected chi connectivity index (χ1v) is 9.96. The van der Waals surface area contributed by atoms with Crippen molar-refractivity contribution in [2.45, 2.75) is 0 Å². The van der Waals surface area contributed by atoms with E-state index >= 15 is 0 Å². The molecule has 4 aromatic rings. The molecule has 0 saturated carbocycles. The predicted molar refractivity (Wildman–Crippen MR) is 123 cm³/mol. The van der Waals surface area contributed by atoms with Crippen molar-refractivity contribution >= 4 is 28.3 Å². The van der Waals surface area contributed by atoms with E-state index in [1.165, 1.54) is 0 Å². The van der Waals surface area contributed by atoms with Gasteiger partial charge in [0.05, 0.1) is 5.69 Å². The average Bonchev–Trinajstić information content (AvgIpc) is 3.20. The SMILES string of the molecule is O=C(C1=Nc2ccccc2C1=C(c1ccccc1)c1ccccc1)c1ccccc1. The molecule has 0 unspecified atom stereocenters. The van der Waals surface area contributed by atoms with Crippen molar-refractivity contribution in [1.29, 1.82) is 0 Å². The number of Topliss-reactive ketones (excluding diaryl/α,β-unsaturated/α-hetero) is 1. The summed E-state index contributed by atoms with van der Waals surface area (Å²) in [6, 6.07) is 37.8. The van der Waals surface area contributed by atoms with Crippen LogP contribution in [0.25, 0.3) is 11.1 Å². The van der Waals surface area contributed by atoms with Gasteiger partial charge in [-0.25, -0.2) is 4.99 Å². The maximum atomic E-state index is 13.5. The van der Waals surface area contributed by atoms with Crippen LogP contribution in [0.3, 0.4) is 0 Å². The molecule has 142 valence electrons. The molecule has 0 radical (unpaired) electrons. The van der Waals surface area contributed by atoms with E-state index in [2.05, 4.69) is 24.3 Å². The Labute approximate surface area is 175 Å². The van der Waals surface area contributed by atoms with Crippen LogP contribution in [0.4, 0.5) is 5.69 Å². The summed E-state index contributed by atoms with van der Waals surface area (Å²) in [5.41, 5.74) is 6.97. The fourth-order valence-electron chi connectivity index (χ4n) is 3.90. The van der Waals surface area contributed by atoms with Crippen LogP contribution in [0, 0.1) is 0 Å². The molecule has 0 spiro atoms. The lowest BCUT2D eigenvalue weighted by molar-refractivity contribution is 0.106. The highest BCUT2D eigenvalue weighted by molar-refractivity contribution is 6.64. The van der Waals surface area contributed by atoms with Gasteiger partial charge < -0.3 is 0 Å². The molecule has 1 aliphatic heterocycles. The summed E-state index contributed by atoms with van der Waals surface area (Å²) in [7, 11) is 0. The summed E-state index contributed by atoms with van der Waals surface area (Å²) in [6.07, 6.45) is 0. The second-order valence-corrected chi connectivity index (χ2v) is 7.15. The summed E-state index contributed by atoms with van der Waals surface area (Å²) < 4.78 is 0. The van der Waals surface area contributed by atoms with Crippen molar-refractivity contribution in [2.75, 3.05) is 0 Å². The first kappa shape index (κ1) is 18.0. The molecule has 0 N–H and O–H groups in total. The van der Waals surface area contributed by atoms with E-state index in [4.69, 9.17) is 4.99 Å². The minimum atomic E-state index is -0.0637. The zero-order valence-corrected chi connectivity index (χ0v) is 16.3. The summed E-state index contributed by atoms with van der Waals surface area (Å²) >= 11 is 0. The summed E-state index contributed by atoms with van der Waals surface area (Å²) in [6.45, 7) is 0. The topological polar surface area (TPSA) is 29.4 Å². The Bertz CT molecular complexity index is 1230. The molecule has 0 amide bonds. The summed E-state index contributed by atoms with van der Waals surface area (Å²) in [5, 5.41) is 0. The zero-order chi connectivity index (χ0) is 20.3. The number of ketones is 1. The van der Waals surface area contributed by atoms with Crippen LogP contribution in [-0.2, 0) is 0 Å². The maximum Gasteiger partial charge on any atom is 0.212 e. The number of fused-ring (bicyclic) bond motifs is 1. The Morgan fingerprint density at radius 1 is 0.533 bits per heavy atom. The maximum absolute atomic E-state index is 13.5. The van der Waals surface area contributed by atoms with Gasteiger partial charge in [0.1, 0.15) is 5.71 Å². The number of benzene rings is 4. The van der Waals surface area contributed by atoms with Crippen molar-refractivity contribution in [1.82, 2.24) is 0 Å². The molecular formula is C28H19NO. The predicted octanol–water partition coefficient (Wildman–Crippen LogP) is 6.61. The van der Waals surface area contributed by atoms with Crippen molar-refractivity contribution < 1.29 is 4.79 Å². The summed E-state index contributed by atoms with van der Waals surface area (Å²) in [4.78, 5) is 18.3. The van der Waals surface area contributed by atoms with E-state index in [-0.39, 0.29) is 5.78 Å². The molecule has 0 bridgehead atoms. The standard InChI is InChI=1S/C28H19NO/c30-28(22-16-8-3-9-17-22)27-26(23-18-10-11-19-24(23)29-27)25(20-12-4-1-5-13-20)21-14-6-2-7-15-21/h1-19H. The molecule has 0 aromatic heterocycles. The van der Waals surface area contributed by atoms with Crippen molar-refractivity contribution in [3.8, 4) is 0 Å².